The molecule has 0 aliphatic carbocycles. The molecule has 0 aromatic rings. The lowest BCUT2D eigenvalue weighted by Gasteiger charge is -2.24. The maximum atomic E-state index is 12.8. The highest BCUT2D eigenvalue weighted by atomic mass is 31.2. The second-order valence-electron chi connectivity index (χ2n) is 21.7. The van der Waals surface area contributed by atoms with Crippen LogP contribution in [0.1, 0.15) is 296 Å². The number of phosphoric acid groups is 1. The number of carbonyl (C=O) groups is 2. The normalized spacial score (nSPS) is 13.4. The lowest BCUT2D eigenvalue weighted by Crippen LogP contribution is -2.37. The van der Waals surface area contributed by atoms with Crippen molar-refractivity contribution in [2.45, 2.75) is 302 Å². The van der Waals surface area contributed by atoms with Crippen molar-refractivity contribution >= 4 is 19.8 Å². The van der Waals surface area contributed by atoms with Gasteiger partial charge in [-0.3, -0.25) is 18.6 Å². The van der Waals surface area contributed by atoms with Gasteiger partial charge in [0.25, 0.3) is 0 Å². The number of phosphoric ester groups is 1. The maximum absolute atomic E-state index is 12.8. The van der Waals surface area contributed by atoms with E-state index in [1.54, 1.807) is 0 Å². The number of quaternary nitrogens is 1. The Morgan fingerprint density at radius 3 is 1.13 bits per heavy atom. The Morgan fingerprint density at radius 2 is 0.771 bits per heavy atom. The molecule has 414 valence electrons. The Labute approximate surface area is 434 Å². The first-order chi connectivity index (χ1) is 34.0. The summed E-state index contributed by atoms with van der Waals surface area (Å²) in [5, 5.41) is 0. The molecular formula is C60H117NO8P+. The van der Waals surface area contributed by atoms with Gasteiger partial charge in [0.2, 0.25) is 0 Å². The summed E-state index contributed by atoms with van der Waals surface area (Å²) in [7, 11) is 1.49. The minimum atomic E-state index is -4.38. The molecule has 0 aromatic heterocycles. The molecule has 0 aliphatic rings. The number of likely N-dealkylation sites (N-methyl/N-ethyl adjacent to an activating group) is 1. The van der Waals surface area contributed by atoms with E-state index in [9.17, 15) is 19.0 Å². The van der Waals surface area contributed by atoms with Crippen molar-refractivity contribution < 1.29 is 42.1 Å². The highest BCUT2D eigenvalue weighted by molar-refractivity contribution is 7.47. The van der Waals surface area contributed by atoms with Crippen LogP contribution in [0, 0.1) is 0 Å². The van der Waals surface area contributed by atoms with Crippen molar-refractivity contribution in [2.75, 3.05) is 47.5 Å². The maximum Gasteiger partial charge on any atom is 0.472 e. The van der Waals surface area contributed by atoms with Gasteiger partial charge in [-0.25, -0.2) is 4.57 Å². The Kier molecular flexibility index (Phi) is 51.2. The first kappa shape index (κ1) is 68.5. The number of esters is 2. The number of ether oxygens (including phenoxy) is 2. The fourth-order valence-corrected chi connectivity index (χ4v) is 9.56. The first-order valence-corrected chi connectivity index (χ1v) is 31.6. The van der Waals surface area contributed by atoms with E-state index >= 15 is 0 Å². The fourth-order valence-electron chi connectivity index (χ4n) is 8.81. The molecule has 0 spiro atoms. The quantitative estimate of drug-likeness (QED) is 0.0211. The van der Waals surface area contributed by atoms with Crippen LogP contribution in [0.3, 0.4) is 0 Å². The Bertz CT molecular complexity index is 1240. The predicted molar refractivity (Wildman–Crippen MR) is 298 cm³/mol. The molecule has 2 atom stereocenters. The van der Waals surface area contributed by atoms with E-state index in [4.69, 9.17) is 18.5 Å². The molecule has 0 rings (SSSR count). The van der Waals surface area contributed by atoms with Crippen molar-refractivity contribution in [2.24, 2.45) is 0 Å². The van der Waals surface area contributed by atoms with Gasteiger partial charge in [-0.1, -0.05) is 263 Å². The highest BCUT2D eigenvalue weighted by Crippen LogP contribution is 2.43. The highest BCUT2D eigenvalue weighted by Gasteiger charge is 2.27. The lowest BCUT2D eigenvalue weighted by atomic mass is 10.0. The van der Waals surface area contributed by atoms with Crippen molar-refractivity contribution in [1.82, 2.24) is 0 Å². The molecule has 0 radical (unpaired) electrons. The Hall–Kier alpha value is -1.51. The van der Waals surface area contributed by atoms with Crippen LogP contribution in [0.15, 0.2) is 24.3 Å². The van der Waals surface area contributed by atoms with Crippen molar-refractivity contribution in [3.63, 3.8) is 0 Å². The summed E-state index contributed by atoms with van der Waals surface area (Å²) in [6, 6.07) is 0. The largest absolute Gasteiger partial charge is 0.472 e. The number of hydrogen-bond donors (Lipinski definition) is 1. The van der Waals surface area contributed by atoms with Crippen LogP contribution in [-0.4, -0.2) is 74.9 Å². The second kappa shape index (κ2) is 52.4. The molecule has 0 aliphatic heterocycles. The molecular weight excluding hydrogens is 894 g/mol. The standard InChI is InChI=1S/C60H116NO8P/c1-6-8-10-12-14-16-18-20-22-24-25-26-27-28-29-30-31-32-33-34-35-37-39-41-43-45-47-49-51-53-60(63)69-58(57-68-70(64,65)67-55-54-61(3,4)5)56-66-59(62)52-50-48-46-44-42-40-38-36-23-21-19-17-15-13-11-9-7-2/h18,20,24-25,58H,6-17,19,21-23,26-57H2,1-5H3/p+1/b20-18-,25-24-. The third-order valence-electron chi connectivity index (χ3n) is 13.5. The van der Waals surface area contributed by atoms with E-state index in [1.807, 2.05) is 21.1 Å². The van der Waals surface area contributed by atoms with E-state index in [-0.39, 0.29) is 25.6 Å². The van der Waals surface area contributed by atoms with Crippen LogP contribution >= 0.6 is 7.82 Å². The van der Waals surface area contributed by atoms with Gasteiger partial charge in [-0.2, -0.15) is 0 Å². The van der Waals surface area contributed by atoms with Crippen LogP contribution in [-0.2, 0) is 32.7 Å². The molecule has 0 aromatic carbocycles. The lowest BCUT2D eigenvalue weighted by molar-refractivity contribution is -0.870. The summed E-state index contributed by atoms with van der Waals surface area (Å²) in [5.41, 5.74) is 0. The molecule has 1 N–H and O–H groups in total. The van der Waals surface area contributed by atoms with Gasteiger partial charge in [0.1, 0.15) is 19.8 Å². The van der Waals surface area contributed by atoms with E-state index in [0.29, 0.717) is 23.9 Å². The minimum absolute atomic E-state index is 0.0352. The predicted octanol–water partition coefficient (Wildman–Crippen LogP) is 18.6. The Morgan fingerprint density at radius 1 is 0.443 bits per heavy atom. The van der Waals surface area contributed by atoms with Crippen LogP contribution in [0.2, 0.25) is 0 Å². The average molecular weight is 1010 g/mol. The molecule has 70 heavy (non-hydrogen) atoms. The molecule has 0 saturated carbocycles. The van der Waals surface area contributed by atoms with Gasteiger partial charge < -0.3 is 18.9 Å². The third-order valence-corrected chi connectivity index (χ3v) is 14.5. The van der Waals surface area contributed by atoms with Gasteiger partial charge >= 0.3 is 19.8 Å². The number of rotatable bonds is 56. The summed E-state index contributed by atoms with van der Waals surface area (Å²) in [6.07, 6.45) is 62.5. The number of carbonyl (C=O) groups excluding carboxylic acids is 2. The van der Waals surface area contributed by atoms with Gasteiger partial charge in [0, 0.05) is 12.8 Å². The monoisotopic (exact) mass is 1010 g/mol. The Balaban J connectivity index is 4.06. The van der Waals surface area contributed by atoms with E-state index in [2.05, 4.69) is 38.2 Å². The van der Waals surface area contributed by atoms with Gasteiger partial charge in [-0.15, -0.1) is 0 Å². The van der Waals surface area contributed by atoms with Crippen LogP contribution in [0.4, 0.5) is 0 Å². The van der Waals surface area contributed by atoms with Crippen LogP contribution < -0.4 is 0 Å². The minimum Gasteiger partial charge on any atom is -0.462 e. The average Bonchev–Trinajstić information content (AvgIpc) is 3.32. The molecule has 10 heteroatoms. The van der Waals surface area contributed by atoms with Gasteiger partial charge in [0.15, 0.2) is 6.10 Å². The van der Waals surface area contributed by atoms with Crippen LogP contribution in [0.25, 0.3) is 0 Å². The molecule has 0 fully saturated rings. The summed E-state index contributed by atoms with van der Waals surface area (Å²) in [5.74, 6) is -0.779. The zero-order chi connectivity index (χ0) is 51.3. The zero-order valence-corrected chi connectivity index (χ0v) is 47.9. The number of allylic oxidation sites excluding steroid dienone is 4. The molecule has 9 nitrogen and oxygen atoms in total. The van der Waals surface area contributed by atoms with Crippen LogP contribution in [0.5, 0.6) is 0 Å². The molecule has 2 unspecified atom stereocenters. The number of unbranched alkanes of at least 4 members (excludes halogenated alkanes) is 38. The summed E-state index contributed by atoms with van der Waals surface area (Å²) in [6.45, 7) is 4.48. The smallest absolute Gasteiger partial charge is 0.462 e. The fraction of sp³-hybridized carbons (Fsp3) is 0.900. The molecule has 0 amide bonds. The van der Waals surface area contributed by atoms with Crippen molar-refractivity contribution in [3.05, 3.63) is 24.3 Å². The van der Waals surface area contributed by atoms with E-state index < -0.39 is 26.5 Å². The van der Waals surface area contributed by atoms with Crippen molar-refractivity contribution in [1.29, 1.82) is 0 Å². The summed E-state index contributed by atoms with van der Waals surface area (Å²) in [4.78, 5) is 35.7. The number of hydrogen-bond acceptors (Lipinski definition) is 7. The third kappa shape index (κ3) is 55.8. The topological polar surface area (TPSA) is 108 Å². The van der Waals surface area contributed by atoms with E-state index in [1.165, 1.54) is 225 Å². The van der Waals surface area contributed by atoms with Gasteiger partial charge in [-0.05, 0) is 44.9 Å². The number of nitrogens with zero attached hydrogens (tertiary/aromatic N) is 1. The van der Waals surface area contributed by atoms with Gasteiger partial charge in [0.05, 0.1) is 27.7 Å². The SMILES string of the molecule is CCCCCCC/C=C\C/C=C\CCCCCCCCCCCCCCCCCCCC(=O)OC(COC(=O)CCCCCCCCCCCCCCCCCCC)COP(=O)(O)OCC[N+](C)(C)C. The second-order valence-corrected chi connectivity index (χ2v) is 23.2. The first-order valence-electron chi connectivity index (χ1n) is 30.1. The molecule has 0 heterocycles. The summed E-state index contributed by atoms with van der Waals surface area (Å²) >= 11 is 0. The molecule has 0 saturated heterocycles. The van der Waals surface area contributed by atoms with Crippen molar-refractivity contribution in [3.8, 4) is 0 Å². The zero-order valence-electron chi connectivity index (χ0n) is 47.0. The molecule has 0 bridgehead atoms. The summed E-state index contributed by atoms with van der Waals surface area (Å²) < 4.78 is 34.6. The van der Waals surface area contributed by atoms with E-state index in [0.717, 1.165) is 38.5 Å².